The summed E-state index contributed by atoms with van der Waals surface area (Å²) in [6.45, 7) is 10.2. The van der Waals surface area contributed by atoms with E-state index in [1.165, 1.54) is 25.7 Å². The standard InChI is InChI=1S/C15H26/c1-10-7-8-15-11(2)5-6-12(9-13(10)15)14(15,3)4/h10-13H,5-9H2,1-4H3/t10-,11-,12+,13-,15-/m0/s1. The first-order valence-corrected chi connectivity index (χ1v) is 7.00. The predicted octanol–water partition coefficient (Wildman–Crippen LogP) is 4.49. The second-order valence-corrected chi connectivity index (χ2v) is 7.30. The van der Waals surface area contributed by atoms with E-state index < -0.39 is 0 Å². The number of rotatable bonds is 0. The average molecular weight is 206 g/mol. The zero-order valence-corrected chi connectivity index (χ0v) is 10.8. The zero-order valence-electron chi connectivity index (χ0n) is 10.8. The van der Waals surface area contributed by atoms with Crippen molar-refractivity contribution in [2.75, 3.05) is 0 Å². The Kier molecular flexibility index (Phi) is 1.91. The Morgan fingerprint density at radius 1 is 1.00 bits per heavy atom. The monoisotopic (exact) mass is 206 g/mol. The Labute approximate surface area is 94.8 Å². The van der Waals surface area contributed by atoms with Crippen molar-refractivity contribution in [1.29, 1.82) is 0 Å². The van der Waals surface area contributed by atoms with Gasteiger partial charge in [0.05, 0.1) is 0 Å². The maximum absolute atomic E-state index is 2.59. The fraction of sp³-hybridized carbons (Fsp3) is 1.00. The van der Waals surface area contributed by atoms with E-state index in [9.17, 15) is 0 Å². The maximum atomic E-state index is 2.59. The van der Waals surface area contributed by atoms with Gasteiger partial charge in [0.15, 0.2) is 0 Å². The van der Waals surface area contributed by atoms with Gasteiger partial charge in [-0.1, -0.05) is 27.7 Å². The van der Waals surface area contributed by atoms with Crippen molar-refractivity contribution in [1.82, 2.24) is 0 Å². The van der Waals surface area contributed by atoms with Gasteiger partial charge in [-0.05, 0) is 66.6 Å². The van der Waals surface area contributed by atoms with Crippen LogP contribution < -0.4 is 0 Å². The molecule has 0 unspecified atom stereocenters. The smallest absolute Gasteiger partial charge is 0.0187 e. The first-order chi connectivity index (χ1) is 7.00. The van der Waals surface area contributed by atoms with Crippen LogP contribution in [0.2, 0.25) is 0 Å². The van der Waals surface area contributed by atoms with E-state index in [0.29, 0.717) is 5.41 Å². The fourth-order valence-corrected chi connectivity index (χ4v) is 6.02. The van der Waals surface area contributed by atoms with E-state index in [1.54, 1.807) is 6.42 Å². The molecule has 0 saturated heterocycles. The van der Waals surface area contributed by atoms with Crippen LogP contribution in [0, 0.1) is 34.5 Å². The van der Waals surface area contributed by atoms with Crippen LogP contribution in [0.25, 0.3) is 0 Å². The van der Waals surface area contributed by atoms with Gasteiger partial charge in [-0.15, -0.1) is 0 Å². The van der Waals surface area contributed by atoms with E-state index >= 15 is 0 Å². The van der Waals surface area contributed by atoms with Gasteiger partial charge in [0.25, 0.3) is 0 Å². The molecule has 0 radical (unpaired) electrons. The molecule has 5 atom stereocenters. The highest BCUT2D eigenvalue weighted by Gasteiger charge is 2.66. The minimum atomic E-state index is 0.639. The van der Waals surface area contributed by atoms with E-state index in [2.05, 4.69) is 27.7 Å². The molecule has 86 valence electrons. The van der Waals surface area contributed by atoms with Crippen LogP contribution in [-0.2, 0) is 0 Å². The molecule has 0 aromatic carbocycles. The molecule has 3 fully saturated rings. The Hall–Kier alpha value is 0. The lowest BCUT2D eigenvalue weighted by Gasteiger charge is -2.52. The molecule has 3 rings (SSSR count). The molecule has 3 aliphatic rings. The lowest BCUT2D eigenvalue weighted by molar-refractivity contribution is -0.0406. The van der Waals surface area contributed by atoms with Gasteiger partial charge < -0.3 is 0 Å². The Morgan fingerprint density at radius 2 is 1.73 bits per heavy atom. The van der Waals surface area contributed by atoms with Crippen molar-refractivity contribution < 1.29 is 0 Å². The highest BCUT2D eigenvalue weighted by Crippen LogP contribution is 2.74. The van der Waals surface area contributed by atoms with Crippen LogP contribution in [-0.4, -0.2) is 0 Å². The minimum Gasteiger partial charge on any atom is -0.0622 e. The molecular formula is C15H26. The van der Waals surface area contributed by atoms with Gasteiger partial charge >= 0.3 is 0 Å². The van der Waals surface area contributed by atoms with Crippen LogP contribution in [0.15, 0.2) is 0 Å². The highest BCUT2D eigenvalue weighted by atomic mass is 14.7. The number of hydrogen-bond acceptors (Lipinski definition) is 0. The zero-order chi connectivity index (χ0) is 10.8. The maximum Gasteiger partial charge on any atom is -0.0187 e. The third kappa shape index (κ3) is 0.953. The lowest BCUT2D eigenvalue weighted by Crippen LogP contribution is -2.46. The summed E-state index contributed by atoms with van der Waals surface area (Å²) in [5, 5.41) is 0. The summed E-state index contributed by atoms with van der Waals surface area (Å²) < 4.78 is 0. The molecule has 0 heterocycles. The summed E-state index contributed by atoms with van der Waals surface area (Å²) >= 11 is 0. The Morgan fingerprint density at radius 3 is 2.47 bits per heavy atom. The lowest BCUT2D eigenvalue weighted by atomic mass is 9.52. The van der Waals surface area contributed by atoms with Gasteiger partial charge in [0, 0.05) is 0 Å². The van der Waals surface area contributed by atoms with E-state index in [1.807, 2.05) is 0 Å². The third-order valence-electron chi connectivity index (χ3n) is 6.95. The SMILES string of the molecule is C[C@H]1CC[C@]23[C@@H](C)CC[C@H](C[C@@H]12)C3(C)C. The molecular weight excluding hydrogens is 180 g/mol. The molecule has 0 aliphatic heterocycles. The summed E-state index contributed by atoms with van der Waals surface area (Å²) in [6.07, 6.45) is 7.61. The van der Waals surface area contributed by atoms with Crippen molar-refractivity contribution in [3.8, 4) is 0 Å². The Bertz CT molecular complexity index is 278. The van der Waals surface area contributed by atoms with Gasteiger partial charge in [0.1, 0.15) is 0 Å². The molecule has 0 amide bonds. The molecule has 3 aliphatic carbocycles. The second kappa shape index (κ2) is 2.81. The molecule has 3 saturated carbocycles. The van der Waals surface area contributed by atoms with Gasteiger partial charge in [-0.25, -0.2) is 0 Å². The predicted molar refractivity (Wildman–Crippen MR) is 64.6 cm³/mol. The molecule has 0 nitrogen and oxygen atoms in total. The summed E-state index contributed by atoms with van der Waals surface area (Å²) in [7, 11) is 0. The van der Waals surface area contributed by atoms with Crippen molar-refractivity contribution in [3.63, 3.8) is 0 Å². The van der Waals surface area contributed by atoms with Gasteiger partial charge in [-0.3, -0.25) is 0 Å². The first-order valence-electron chi connectivity index (χ1n) is 7.00. The average Bonchev–Trinajstić information content (AvgIpc) is 2.53. The van der Waals surface area contributed by atoms with Crippen LogP contribution in [0.5, 0.6) is 0 Å². The summed E-state index contributed by atoms with van der Waals surface area (Å²) in [6, 6.07) is 0. The summed E-state index contributed by atoms with van der Waals surface area (Å²) in [4.78, 5) is 0. The summed E-state index contributed by atoms with van der Waals surface area (Å²) in [5.41, 5.74) is 1.37. The molecule has 0 aromatic heterocycles. The van der Waals surface area contributed by atoms with Crippen molar-refractivity contribution in [2.24, 2.45) is 34.5 Å². The van der Waals surface area contributed by atoms with Crippen molar-refractivity contribution in [3.05, 3.63) is 0 Å². The Balaban J connectivity index is 2.10. The van der Waals surface area contributed by atoms with E-state index in [4.69, 9.17) is 0 Å². The number of fused-ring (bicyclic) bond motifs is 1. The van der Waals surface area contributed by atoms with E-state index in [0.717, 1.165) is 29.1 Å². The number of hydrogen-bond donors (Lipinski definition) is 0. The van der Waals surface area contributed by atoms with Crippen molar-refractivity contribution >= 4 is 0 Å². The highest BCUT2D eigenvalue weighted by molar-refractivity contribution is 5.15. The topological polar surface area (TPSA) is 0 Å². The molecule has 0 N–H and O–H groups in total. The van der Waals surface area contributed by atoms with Gasteiger partial charge in [0.2, 0.25) is 0 Å². The minimum absolute atomic E-state index is 0.639. The summed E-state index contributed by atoms with van der Waals surface area (Å²) in [5.74, 6) is 4.10. The van der Waals surface area contributed by atoms with Crippen LogP contribution in [0.4, 0.5) is 0 Å². The molecule has 15 heavy (non-hydrogen) atoms. The third-order valence-corrected chi connectivity index (χ3v) is 6.95. The largest absolute Gasteiger partial charge is 0.0622 e. The van der Waals surface area contributed by atoms with E-state index in [-0.39, 0.29) is 0 Å². The van der Waals surface area contributed by atoms with Gasteiger partial charge in [-0.2, -0.15) is 0 Å². The molecule has 0 aromatic rings. The van der Waals surface area contributed by atoms with Crippen LogP contribution in [0.3, 0.4) is 0 Å². The quantitative estimate of drug-likeness (QED) is 0.547. The van der Waals surface area contributed by atoms with Crippen LogP contribution in [0.1, 0.15) is 59.8 Å². The molecule has 0 heteroatoms. The fourth-order valence-electron chi connectivity index (χ4n) is 6.02. The van der Waals surface area contributed by atoms with Crippen molar-refractivity contribution in [2.45, 2.75) is 59.8 Å². The first kappa shape index (κ1) is 10.2. The molecule has 1 spiro atoms. The van der Waals surface area contributed by atoms with Crippen LogP contribution >= 0.6 is 0 Å². The second-order valence-electron chi connectivity index (χ2n) is 7.30. The molecule has 2 bridgehead atoms. The normalized spacial score (nSPS) is 56.8.